The van der Waals surface area contributed by atoms with Crippen LogP contribution in [0, 0.1) is 6.92 Å². The Bertz CT molecular complexity index is 330. The number of aryl methyl sites for hydroxylation is 1. The molecule has 6 nitrogen and oxygen atoms in total. The first kappa shape index (κ1) is 12.5. The zero-order chi connectivity index (χ0) is 11.8. The molecule has 0 saturated carbocycles. The highest BCUT2D eigenvalue weighted by molar-refractivity contribution is 5.79. The maximum atomic E-state index is 5.37. The average molecular weight is 224 g/mol. The van der Waals surface area contributed by atoms with E-state index in [1.807, 2.05) is 6.92 Å². The van der Waals surface area contributed by atoms with Gasteiger partial charge >= 0.3 is 0 Å². The summed E-state index contributed by atoms with van der Waals surface area (Å²) in [6, 6.07) is 0. The molecule has 0 saturated heterocycles. The van der Waals surface area contributed by atoms with Crippen LogP contribution in [0.5, 0.6) is 0 Å². The number of unbranched alkanes of at least 4 members (excludes halogenated alkanes) is 1. The van der Waals surface area contributed by atoms with Crippen molar-refractivity contribution < 1.29 is 0 Å². The van der Waals surface area contributed by atoms with Crippen molar-refractivity contribution in [3.05, 3.63) is 17.5 Å². The number of guanidine groups is 1. The van der Waals surface area contributed by atoms with Gasteiger partial charge in [0, 0.05) is 17.8 Å². The molecule has 0 radical (unpaired) electrons. The number of aliphatic imine (C=N–C) groups is 1. The maximum Gasteiger partial charge on any atom is 0.206 e. The maximum absolute atomic E-state index is 5.37. The number of aromatic nitrogens is 2. The van der Waals surface area contributed by atoms with Crippen LogP contribution in [0.25, 0.3) is 0 Å². The van der Waals surface area contributed by atoms with E-state index in [9.17, 15) is 0 Å². The van der Waals surface area contributed by atoms with Crippen LogP contribution >= 0.6 is 0 Å². The molecule has 1 heterocycles. The van der Waals surface area contributed by atoms with Gasteiger partial charge in [-0.25, -0.2) is 10.8 Å². The summed E-state index contributed by atoms with van der Waals surface area (Å²) in [5.41, 5.74) is 4.66. The molecule has 0 fully saturated rings. The highest BCUT2D eigenvalue weighted by Crippen LogP contribution is 2.03. The van der Waals surface area contributed by atoms with Gasteiger partial charge in [0.05, 0.1) is 12.7 Å². The summed E-state index contributed by atoms with van der Waals surface area (Å²) >= 11 is 0. The molecule has 0 aliphatic carbocycles. The van der Waals surface area contributed by atoms with Crippen molar-refractivity contribution in [2.24, 2.45) is 10.8 Å². The molecule has 0 aliphatic rings. The number of rotatable bonds is 5. The number of hydrazine groups is 1. The van der Waals surface area contributed by atoms with Crippen molar-refractivity contribution >= 4 is 5.96 Å². The summed E-state index contributed by atoms with van der Waals surface area (Å²) in [5, 5.41) is 9.94. The number of nitrogens with one attached hydrogen (secondary N) is 3. The Morgan fingerprint density at radius 2 is 2.44 bits per heavy atom. The van der Waals surface area contributed by atoms with Gasteiger partial charge in [0.15, 0.2) is 0 Å². The zero-order valence-corrected chi connectivity index (χ0v) is 9.88. The molecule has 16 heavy (non-hydrogen) atoms. The molecule has 0 aromatic carbocycles. The van der Waals surface area contributed by atoms with Crippen molar-refractivity contribution in [1.82, 2.24) is 20.9 Å². The minimum Gasteiger partial charge on any atom is -0.355 e. The molecule has 1 aromatic heterocycles. The lowest BCUT2D eigenvalue weighted by molar-refractivity contribution is 0.731. The molecule has 1 rings (SSSR count). The van der Waals surface area contributed by atoms with Crippen molar-refractivity contribution in [1.29, 1.82) is 0 Å². The van der Waals surface area contributed by atoms with E-state index in [1.54, 1.807) is 6.20 Å². The second-order valence-corrected chi connectivity index (χ2v) is 3.61. The smallest absolute Gasteiger partial charge is 0.206 e. The Labute approximate surface area is 95.7 Å². The fourth-order valence-corrected chi connectivity index (χ4v) is 1.24. The number of nitrogens with two attached hydrogens (primary N) is 1. The van der Waals surface area contributed by atoms with Crippen molar-refractivity contribution in [2.45, 2.75) is 33.2 Å². The normalized spacial score (nSPS) is 11.6. The van der Waals surface area contributed by atoms with Crippen LogP contribution in [0.1, 0.15) is 31.0 Å². The minimum atomic E-state index is 0.570. The number of hydrogen-bond acceptors (Lipinski definition) is 3. The summed E-state index contributed by atoms with van der Waals surface area (Å²) < 4.78 is 0. The van der Waals surface area contributed by atoms with Gasteiger partial charge in [0.1, 0.15) is 0 Å². The zero-order valence-electron chi connectivity index (χ0n) is 9.88. The van der Waals surface area contributed by atoms with Crippen LogP contribution in [0.15, 0.2) is 11.2 Å². The monoisotopic (exact) mass is 224 g/mol. The molecule has 0 amide bonds. The molecule has 0 bridgehead atoms. The van der Waals surface area contributed by atoms with E-state index in [0.717, 1.165) is 30.6 Å². The lowest BCUT2D eigenvalue weighted by atomic mass is 10.3. The van der Waals surface area contributed by atoms with Crippen molar-refractivity contribution in [2.75, 3.05) is 6.54 Å². The highest BCUT2D eigenvalue weighted by Gasteiger charge is 2.00. The lowest BCUT2D eigenvalue weighted by Crippen LogP contribution is -2.41. The minimum absolute atomic E-state index is 0.570. The Kier molecular flexibility index (Phi) is 5.35. The standard InChI is InChI=1S/C10H20N6/c1-3-4-5-12-10(15-11)13-6-9-7-14-16-8(9)2/h7H,3-6,11H2,1-2H3,(H,14,16)(H2,12,13,15). The van der Waals surface area contributed by atoms with Crippen LogP contribution in [-0.4, -0.2) is 22.7 Å². The molecular formula is C10H20N6. The van der Waals surface area contributed by atoms with Gasteiger partial charge in [-0.3, -0.25) is 10.5 Å². The third-order valence-corrected chi connectivity index (χ3v) is 2.30. The molecule has 90 valence electrons. The largest absolute Gasteiger partial charge is 0.355 e. The molecular weight excluding hydrogens is 204 g/mol. The van der Waals surface area contributed by atoms with Crippen molar-refractivity contribution in [3.8, 4) is 0 Å². The van der Waals surface area contributed by atoms with E-state index in [-0.39, 0.29) is 0 Å². The molecule has 6 heteroatoms. The Balaban J connectivity index is 2.43. The molecule has 1 aromatic rings. The molecule has 0 atom stereocenters. The number of hydrogen-bond donors (Lipinski definition) is 4. The van der Waals surface area contributed by atoms with Gasteiger partial charge in [-0.1, -0.05) is 13.3 Å². The van der Waals surface area contributed by atoms with Crippen LogP contribution in [0.4, 0.5) is 0 Å². The second kappa shape index (κ2) is 6.84. The van der Waals surface area contributed by atoms with Crippen LogP contribution in [0.3, 0.4) is 0 Å². The van der Waals surface area contributed by atoms with E-state index in [1.165, 1.54) is 0 Å². The van der Waals surface area contributed by atoms with Gasteiger partial charge in [-0.05, 0) is 13.3 Å². The predicted octanol–water partition coefficient (Wildman–Crippen LogP) is 0.427. The lowest BCUT2D eigenvalue weighted by Gasteiger charge is -2.07. The van der Waals surface area contributed by atoms with Crippen LogP contribution < -0.4 is 16.6 Å². The Morgan fingerprint density at radius 1 is 1.62 bits per heavy atom. The number of H-pyrrole nitrogens is 1. The fourth-order valence-electron chi connectivity index (χ4n) is 1.24. The first-order valence-corrected chi connectivity index (χ1v) is 5.51. The quantitative estimate of drug-likeness (QED) is 0.192. The third kappa shape index (κ3) is 3.90. The third-order valence-electron chi connectivity index (χ3n) is 2.30. The van der Waals surface area contributed by atoms with Gasteiger partial charge < -0.3 is 5.32 Å². The molecule has 0 aliphatic heterocycles. The van der Waals surface area contributed by atoms with Gasteiger partial charge in [-0.2, -0.15) is 5.10 Å². The predicted molar refractivity (Wildman–Crippen MR) is 64.7 cm³/mol. The molecule has 0 spiro atoms. The van der Waals surface area contributed by atoms with Crippen molar-refractivity contribution in [3.63, 3.8) is 0 Å². The van der Waals surface area contributed by atoms with E-state index < -0.39 is 0 Å². The van der Waals surface area contributed by atoms with E-state index >= 15 is 0 Å². The molecule has 0 unspecified atom stereocenters. The Hall–Kier alpha value is -1.56. The average Bonchev–Trinajstić information content (AvgIpc) is 2.69. The molecule has 5 N–H and O–H groups in total. The van der Waals surface area contributed by atoms with Gasteiger partial charge in [0.2, 0.25) is 5.96 Å². The summed E-state index contributed by atoms with van der Waals surface area (Å²) in [6.07, 6.45) is 4.02. The van der Waals surface area contributed by atoms with Gasteiger partial charge in [-0.15, -0.1) is 0 Å². The summed E-state index contributed by atoms with van der Waals surface area (Å²) in [6.45, 7) is 5.56. The SMILES string of the molecule is CCCCNC(=NCc1cn[nH]c1C)NN. The Morgan fingerprint density at radius 3 is 3.00 bits per heavy atom. The highest BCUT2D eigenvalue weighted by atomic mass is 15.3. The fraction of sp³-hybridized carbons (Fsp3) is 0.600. The number of nitrogens with zero attached hydrogens (tertiary/aromatic N) is 2. The summed E-state index contributed by atoms with van der Waals surface area (Å²) in [4.78, 5) is 4.33. The van der Waals surface area contributed by atoms with Crippen LogP contribution in [0.2, 0.25) is 0 Å². The van der Waals surface area contributed by atoms with E-state index in [0.29, 0.717) is 12.5 Å². The van der Waals surface area contributed by atoms with Gasteiger partial charge in [0.25, 0.3) is 0 Å². The first-order valence-electron chi connectivity index (χ1n) is 5.51. The number of aromatic amines is 1. The topological polar surface area (TPSA) is 91.1 Å². The second-order valence-electron chi connectivity index (χ2n) is 3.61. The van der Waals surface area contributed by atoms with Crippen LogP contribution in [-0.2, 0) is 6.54 Å². The summed E-state index contributed by atoms with van der Waals surface area (Å²) in [7, 11) is 0. The first-order chi connectivity index (χ1) is 7.77. The summed E-state index contributed by atoms with van der Waals surface area (Å²) in [5.74, 6) is 5.99. The van der Waals surface area contributed by atoms with E-state index in [4.69, 9.17) is 5.84 Å². The van der Waals surface area contributed by atoms with E-state index in [2.05, 4.69) is 32.9 Å².